The second-order valence-electron chi connectivity index (χ2n) is 7.54. The van der Waals surface area contributed by atoms with Gasteiger partial charge in [0.1, 0.15) is 5.75 Å². The van der Waals surface area contributed by atoms with Gasteiger partial charge < -0.3 is 20.1 Å². The molecule has 2 aromatic rings. The number of carbonyl (C=O) groups excluding carboxylic acids is 1. The lowest BCUT2D eigenvalue weighted by Gasteiger charge is -2.47. The van der Waals surface area contributed by atoms with E-state index in [9.17, 15) is 26.4 Å². The van der Waals surface area contributed by atoms with Crippen molar-refractivity contribution in [3.63, 3.8) is 0 Å². The number of methoxy groups -OCH3 is 1. The molecule has 2 heterocycles. The van der Waals surface area contributed by atoms with Crippen molar-refractivity contribution < 1.29 is 35.9 Å². The molecule has 1 aromatic carbocycles. The third-order valence-electron chi connectivity index (χ3n) is 4.70. The van der Waals surface area contributed by atoms with Gasteiger partial charge in [0.25, 0.3) is 5.91 Å². The van der Waals surface area contributed by atoms with Gasteiger partial charge in [-0.25, -0.2) is 13.4 Å². The SMILES string of the molecule is COCC1(C)CN(C(=O)c2ncc(S(=O)(=O)c3ccc(OC(F)(F)F)cc3)cc2N)C1. The van der Waals surface area contributed by atoms with Crippen LogP contribution >= 0.6 is 0 Å². The van der Waals surface area contributed by atoms with Crippen LogP contribution in [-0.2, 0) is 14.6 Å². The molecule has 1 aliphatic heterocycles. The molecule has 0 unspecified atom stereocenters. The molecule has 1 aromatic heterocycles. The van der Waals surface area contributed by atoms with Crippen LogP contribution in [0.4, 0.5) is 18.9 Å². The van der Waals surface area contributed by atoms with E-state index in [0.717, 1.165) is 36.5 Å². The number of aromatic nitrogens is 1. The summed E-state index contributed by atoms with van der Waals surface area (Å²) in [5.41, 5.74) is 5.53. The van der Waals surface area contributed by atoms with Crippen molar-refractivity contribution in [3.05, 3.63) is 42.2 Å². The van der Waals surface area contributed by atoms with Crippen LogP contribution in [0.1, 0.15) is 17.4 Å². The van der Waals surface area contributed by atoms with Crippen molar-refractivity contribution >= 4 is 21.4 Å². The highest BCUT2D eigenvalue weighted by molar-refractivity contribution is 7.91. The lowest BCUT2D eigenvalue weighted by Crippen LogP contribution is -2.59. The van der Waals surface area contributed by atoms with E-state index in [1.54, 1.807) is 7.11 Å². The third-order valence-corrected chi connectivity index (χ3v) is 6.43. The van der Waals surface area contributed by atoms with Crippen LogP contribution in [0.25, 0.3) is 0 Å². The van der Waals surface area contributed by atoms with Gasteiger partial charge in [0.2, 0.25) is 9.84 Å². The first-order valence-corrected chi connectivity index (χ1v) is 10.5. The van der Waals surface area contributed by atoms with E-state index in [2.05, 4.69) is 9.72 Å². The normalized spacial score (nSPS) is 16.0. The number of halogens is 3. The first-order valence-electron chi connectivity index (χ1n) is 8.99. The number of alkyl halides is 3. The highest BCUT2D eigenvalue weighted by Crippen LogP contribution is 2.32. The number of anilines is 1. The minimum atomic E-state index is -4.89. The number of ether oxygens (including phenoxy) is 2. The molecule has 0 bridgehead atoms. The van der Waals surface area contributed by atoms with Gasteiger partial charge >= 0.3 is 6.36 Å². The van der Waals surface area contributed by atoms with Crippen LogP contribution in [0.15, 0.2) is 46.3 Å². The van der Waals surface area contributed by atoms with E-state index in [1.165, 1.54) is 4.90 Å². The Labute approximate surface area is 176 Å². The standard InChI is InChI=1S/C19H20F3N3O5S/c1-18(11-29-2)9-25(10-18)17(26)16-15(23)7-14(8-24-16)31(27,28)13-5-3-12(4-6-13)30-19(20,21)22/h3-8H,9-11,23H2,1-2H3. The first kappa shape index (κ1) is 22.8. The summed E-state index contributed by atoms with van der Waals surface area (Å²) in [6.45, 7) is 3.36. The molecule has 31 heavy (non-hydrogen) atoms. The van der Waals surface area contributed by atoms with Gasteiger partial charge in [-0.1, -0.05) is 6.92 Å². The zero-order chi connectivity index (χ0) is 23.0. The van der Waals surface area contributed by atoms with Gasteiger partial charge in [-0.2, -0.15) is 0 Å². The maximum atomic E-state index is 12.8. The van der Waals surface area contributed by atoms with E-state index in [4.69, 9.17) is 10.5 Å². The molecule has 1 aliphatic rings. The summed E-state index contributed by atoms with van der Waals surface area (Å²) >= 11 is 0. The summed E-state index contributed by atoms with van der Waals surface area (Å²) in [7, 11) is -2.55. The zero-order valence-corrected chi connectivity index (χ0v) is 17.5. The van der Waals surface area contributed by atoms with Gasteiger partial charge in [-0.3, -0.25) is 4.79 Å². The topological polar surface area (TPSA) is 112 Å². The van der Waals surface area contributed by atoms with Gasteiger partial charge in [0.05, 0.1) is 22.1 Å². The minimum absolute atomic E-state index is 0.0765. The maximum absolute atomic E-state index is 12.8. The van der Waals surface area contributed by atoms with Crippen LogP contribution < -0.4 is 10.5 Å². The molecule has 168 valence electrons. The molecule has 0 atom stereocenters. The number of hydrogen-bond donors (Lipinski definition) is 1. The molecule has 8 nitrogen and oxygen atoms in total. The monoisotopic (exact) mass is 459 g/mol. The Hall–Kier alpha value is -2.86. The van der Waals surface area contributed by atoms with E-state index < -0.39 is 27.9 Å². The van der Waals surface area contributed by atoms with Gasteiger partial charge in [-0.15, -0.1) is 13.2 Å². The largest absolute Gasteiger partial charge is 0.573 e. The van der Waals surface area contributed by atoms with Crippen molar-refractivity contribution in [2.75, 3.05) is 32.5 Å². The summed E-state index contributed by atoms with van der Waals surface area (Å²) in [5.74, 6) is -0.983. The van der Waals surface area contributed by atoms with Crippen LogP contribution in [0.3, 0.4) is 0 Å². The molecule has 0 saturated carbocycles. The van der Waals surface area contributed by atoms with Gasteiger partial charge in [0.15, 0.2) is 5.69 Å². The van der Waals surface area contributed by atoms with E-state index >= 15 is 0 Å². The highest BCUT2D eigenvalue weighted by Gasteiger charge is 2.42. The van der Waals surface area contributed by atoms with Crippen molar-refractivity contribution in [1.82, 2.24) is 9.88 Å². The fourth-order valence-corrected chi connectivity index (χ4v) is 4.59. The molecule has 1 amide bonds. The number of rotatable bonds is 6. The lowest BCUT2D eigenvalue weighted by atomic mass is 9.82. The van der Waals surface area contributed by atoms with Crippen LogP contribution in [0, 0.1) is 5.41 Å². The van der Waals surface area contributed by atoms with Crippen molar-refractivity contribution in [3.8, 4) is 5.75 Å². The third kappa shape index (κ3) is 4.90. The summed E-state index contributed by atoms with van der Waals surface area (Å²) < 4.78 is 71.1. The summed E-state index contributed by atoms with van der Waals surface area (Å²) in [6.07, 6.45) is -3.90. The number of nitrogens with zero attached hydrogens (tertiary/aromatic N) is 2. The number of amides is 1. The maximum Gasteiger partial charge on any atom is 0.573 e. The number of pyridine rings is 1. The van der Waals surface area contributed by atoms with Gasteiger partial charge in [0, 0.05) is 31.8 Å². The number of benzene rings is 1. The molecular formula is C19H20F3N3O5S. The molecular weight excluding hydrogens is 439 g/mol. The van der Waals surface area contributed by atoms with E-state index in [1.807, 2.05) is 6.92 Å². The van der Waals surface area contributed by atoms with Gasteiger partial charge in [-0.05, 0) is 30.3 Å². The van der Waals surface area contributed by atoms with Crippen molar-refractivity contribution in [2.24, 2.45) is 5.41 Å². The number of carbonyl (C=O) groups is 1. The number of nitrogen functional groups attached to an aromatic ring is 1. The Bertz CT molecular complexity index is 1080. The molecule has 2 N–H and O–H groups in total. The second-order valence-corrected chi connectivity index (χ2v) is 9.49. The molecule has 0 spiro atoms. The van der Waals surface area contributed by atoms with Crippen LogP contribution in [-0.4, -0.2) is 57.4 Å². The molecule has 12 heteroatoms. The number of sulfone groups is 1. The van der Waals surface area contributed by atoms with Crippen LogP contribution in [0.5, 0.6) is 5.75 Å². The Balaban J connectivity index is 1.78. The number of nitrogens with two attached hydrogens (primary N) is 1. The Kier molecular flexibility index (Phi) is 5.89. The zero-order valence-electron chi connectivity index (χ0n) is 16.6. The lowest BCUT2D eigenvalue weighted by molar-refractivity contribution is -0.274. The minimum Gasteiger partial charge on any atom is -0.406 e. The molecule has 0 radical (unpaired) electrons. The first-order chi connectivity index (χ1) is 14.3. The fourth-order valence-electron chi connectivity index (χ4n) is 3.35. The average Bonchev–Trinajstić information content (AvgIpc) is 2.64. The Morgan fingerprint density at radius 3 is 2.35 bits per heavy atom. The quantitative estimate of drug-likeness (QED) is 0.706. The predicted octanol–water partition coefficient (Wildman–Crippen LogP) is 2.50. The summed E-state index contributed by atoms with van der Waals surface area (Å²) in [4.78, 5) is 17.5. The number of hydrogen-bond acceptors (Lipinski definition) is 7. The molecule has 1 saturated heterocycles. The smallest absolute Gasteiger partial charge is 0.406 e. The van der Waals surface area contributed by atoms with Crippen molar-refractivity contribution in [2.45, 2.75) is 23.1 Å². The van der Waals surface area contributed by atoms with Crippen LogP contribution in [0.2, 0.25) is 0 Å². The molecule has 3 rings (SSSR count). The summed E-state index contributed by atoms with van der Waals surface area (Å²) in [6, 6.07) is 4.82. The number of likely N-dealkylation sites (tertiary alicyclic amines) is 1. The Morgan fingerprint density at radius 2 is 1.84 bits per heavy atom. The molecule has 1 fully saturated rings. The average molecular weight is 459 g/mol. The fraction of sp³-hybridized carbons (Fsp3) is 0.368. The molecule has 0 aliphatic carbocycles. The summed E-state index contributed by atoms with van der Waals surface area (Å²) in [5, 5.41) is 0. The Morgan fingerprint density at radius 1 is 1.23 bits per heavy atom. The van der Waals surface area contributed by atoms with E-state index in [-0.39, 0.29) is 26.6 Å². The second kappa shape index (κ2) is 8.00. The van der Waals surface area contributed by atoms with E-state index in [0.29, 0.717) is 19.7 Å². The van der Waals surface area contributed by atoms with Crippen molar-refractivity contribution in [1.29, 1.82) is 0 Å². The highest BCUT2D eigenvalue weighted by atomic mass is 32.2. The predicted molar refractivity (Wildman–Crippen MR) is 103 cm³/mol.